The summed E-state index contributed by atoms with van der Waals surface area (Å²) < 4.78 is 39.5. The largest absolute Gasteiger partial charge is 0.433 e. The lowest BCUT2D eigenvalue weighted by molar-refractivity contribution is -0.141. The number of anilines is 2. The average molecular weight is 423 g/mol. The fraction of sp³-hybridized carbons (Fsp3) is 0.450. The lowest BCUT2D eigenvalue weighted by Crippen LogP contribution is -2.35. The minimum atomic E-state index is -4.53. The van der Waals surface area contributed by atoms with Gasteiger partial charge in [-0.15, -0.1) is 0 Å². The zero-order valence-electron chi connectivity index (χ0n) is 16.5. The molecule has 0 atom stereocenters. The summed E-state index contributed by atoms with van der Waals surface area (Å²) in [5.41, 5.74) is 0.471. The standard InChI is InChI=1S/C20H24F3N5O2/c1-13-6-8-28(9-7-13)18-14(2-5-17(27-18)20(21,22)23)10-25-19(30)26-15-3-4-16(12-29)24-11-15/h2-5,11,13,29H,6-10,12H2,1H3,(H2,25,26,30). The highest BCUT2D eigenvalue weighted by atomic mass is 19.4. The molecule has 2 aromatic rings. The first-order valence-corrected chi connectivity index (χ1v) is 9.69. The molecule has 7 nitrogen and oxygen atoms in total. The summed E-state index contributed by atoms with van der Waals surface area (Å²) in [7, 11) is 0. The third-order valence-corrected chi connectivity index (χ3v) is 5.01. The van der Waals surface area contributed by atoms with Gasteiger partial charge in [0.1, 0.15) is 11.5 Å². The van der Waals surface area contributed by atoms with Crippen molar-refractivity contribution >= 4 is 17.5 Å². The fourth-order valence-electron chi connectivity index (χ4n) is 3.21. The molecule has 30 heavy (non-hydrogen) atoms. The number of amides is 2. The van der Waals surface area contributed by atoms with E-state index in [1.165, 1.54) is 12.3 Å². The molecule has 3 heterocycles. The summed E-state index contributed by atoms with van der Waals surface area (Å²) in [5.74, 6) is 0.774. The predicted octanol–water partition coefficient (Wildman–Crippen LogP) is 3.55. The van der Waals surface area contributed by atoms with E-state index in [2.05, 4.69) is 27.5 Å². The quantitative estimate of drug-likeness (QED) is 0.684. The van der Waals surface area contributed by atoms with Crippen LogP contribution in [0.1, 0.15) is 36.7 Å². The van der Waals surface area contributed by atoms with Gasteiger partial charge >= 0.3 is 12.2 Å². The van der Waals surface area contributed by atoms with Crippen molar-refractivity contribution in [2.75, 3.05) is 23.3 Å². The first kappa shape index (κ1) is 21.8. The van der Waals surface area contributed by atoms with Gasteiger partial charge in [0.15, 0.2) is 0 Å². The molecule has 0 spiro atoms. The van der Waals surface area contributed by atoms with Crippen molar-refractivity contribution in [3.8, 4) is 0 Å². The number of nitrogens with zero attached hydrogens (tertiary/aromatic N) is 3. The Hall–Kier alpha value is -2.88. The van der Waals surface area contributed by atoms with E-state index in [0.29, 0.717) is 36.0 Å². The molecule has 1 fully saturated rings. The number of hydrogen-bond acceptors (Lipinski definition) is 5. The Kier molecular flexibility index (Phi) is 6.76. The number of carbonyl (C=O) groups is 1. The molecule has 0 aromatic carbocycles. The van der Waals surface area contributed by atoms with E-state index in [-0.39, 0.29) is 19.0 Å². The van der Waals surface area contributed by atoms with Crippen molar-refractivity contribution in [3.05, 3.63) is 47.4 Å². The molecule has 1 saturated heterocycles. The molecular formula is C20H24F3N5O2. The van der Waals surface area contributed by atoms with Gasteiger partial charge in [0, 0.05) is 25.2 Å². The van der Waals surface area contributed by atoms with Crippen LogP contribution >= 0.6 is 0 Å². The molecule has 1 aliphatic rings. The summed E-state index contributed by atoms with van der Waals surface area (Å²) >= 11 is 0. The third kappa shape index (κ3) is 5.59. The van der Waals surface area contributed by atoms with Gasteiger partial charge in [-0.25, -0.2) is 9.78 Å². The number of urea groups is 1. The minimum Gasteiger partial charge on any atom is -0.390 e. The fourth-order valence-corrected chi connectivity index (χ4v) is 3.21. The molecule has 3 N–H and O–H groups in total. The Morgan fingerprint density at radius 1 is 1.23 bits per heavy atom. The van der Waals surface area contributed by atoms with Crippen molar-refractivity contribution < 1.29 is 23.1 Å². The molecule has 3 rings (SSSR count). The number of halogens is 3. The van der Waals surface area contributed by atoms with Crippen molar-refractivity contribution in [1.29, 1.82) is 0 Å². The molecule has 0 aliphatic carbocycles. The Morgan fingerprint density at radius 3 is 2.57 bits per heavy atom. The first-order chi connectivity index (χ1) is 14.3. The molecule has 0 radical (unpaired) electrons. The van der Waals surface area contributed by atoms with E-state index in [4.69, 9.17) is 5.11 Å². The molecule has 2 amide bonds. The van der Waals surface area contributed by atoms with Crippen LogP contribution in [0.4, 0.5) is 29.5 Å². The summed E-state index contributed by atoms with van der Waals surface area (Å²) in [6, 6.07) is 4.94. The minimum absolute atomic E-state index is 0.0283. The van der Waals surface area contributed by atoms with Crippen LogP contribution in [0.15, 0.2) is 30.5 Å². The molecule has 10 heteroatoms. The third-order valence-electron chi connectivity index (χ3n) is 5.01. The molecule has 0 bridgehead atoms. The number of hydrogen-bond donors (Lipinski definition) is 3. The number of pyridine rings is 2. The van der Waals surface area contributed by atoms with Crippen LogP contribution in [-0.2, 0) is 19.3 Å². The molecule has 0 unspecified atom stereocenters. The number of aromatic nitrogens is 2. The highest BCUT2D eigenvalue weighted by Gasteiger charge is 2.34. The highest BCUT2D eigenvalue weighted by Crippen LogP contribution is 2.32. The second-order valence-corrected chi connectivity index (χ2v) is 7.35. The van der Waals surface area contributed by atoms with E-state index < -0.39 is 17.9 Å². The van der Waals surface area contributed by atoms with Gasteiger partial charge in [-0.2, -0.15) is 13.2 Å². The van der Waals surface area contributed by atoms with Crippen molar-refractivity contribution in [1.82, 2.24) is 15.3 Å². The SMILES string of the molecule is CC1CCN(c2nc(C(F)(F)F)ccc2CNC(=O)Nc2ccc(CO)nc2)CC1. The van der Waals surface area contributed by atoms with Crippen molar-refractivity contribution in [3.63, 3.8) is 0 Å². The number of carbonyl (C=O) groups excluding carboxylic acids is 1. The van der Waals surface area contributed by atoms with E-state index in [9.17, 15) is 18.0 Å². The molecule has 1 aliphatic heterocycles. The van der Waals surface area contributed by atoms with Gasteiger partial charge < -0.3 is 20.6 Å². The second kappa shape index (κ2) is 9.29. The van der Waals surface area contributed by atoms with Crippen molar-refractivity contribution in [2.24, 2.45) is 5.92 Å². The number of nitrogens with one attached hydrogen (secondary N) is 2. The van der Waals surface area contributed by atoms with Gasteiger partial charge in [-0.05, 0) is 37.0 Å². The van der Waals surface area contributed by atoms with E-state index >= 15 is 0 Å². The normalized spacial score (nSPS) is 15.2. The van der Waals surface area contributed by atoms with E-state index in [0.717, 1.165) is 18.9 Å². The first-order valence-electron chi connectivity index (χ1n) is 9.69. The maximum absolute atomic E-state index is 13.2. The zero-order valence-corrected chi connectivity index (χ0v) is 16.5. The number of aliphatic hydroxyl groups is 1. The van der Waals surface area contributed by atoms with E-state index in [1.807, 2.05) is 4.90 Å². The highest BCUT2D eigenvalue weighted by molar-refractivity contribution is 5.89. The summed E-state index contributed by atoms with van der Waals surface area (Å²) in [6.07, 6.45) is -1.37. The van der Waals surface area contributed by atoms with Gasteiger partial charge in [0.2, 0.25) is 0 Å². The summed E-state index contributed by atoms with van der Waals surface area (Å²) in [4.78, 5) is 21.9. The second-order valence-electron chi connectivity index (χ2n) is 7.35. The van der Waals surface area contributed by atoms with Crippen LogP contribution in [0.5, 0.6) is 0 Å². The monoisotopic (exact) mass is 423 g/mol. The Bertz CT molecular complexity index is 866. The average Bonchev–Trinajstić information content (AvgIpc) is 2.72. The summed E-state index contributed by atoms with van der Waals surface area (Å²) in [5, 5.41) is 14.2. The number of alkyl halides is 3. The lowest BCUT2D eigenvalue weighted by Gasteiger charge is -2.33. The Labute approximate surface area is 172 Å². The van der Waals surface area contributed by atoms with Crippen LogP contribution < -0.4 is 15.5 Å². The van der Waals surface area contributed by atoms with E-state index in [1.54, 1.807) is 12.1 Å². The maximum atomic E-state index is 13.2. The molecule has 2 aromatic heterocycles. The van der Waals surface area contributed by atoms with Gasteiger partial charge in [0.05, 0.1) is 24.2 Å². The van der Waals surface area contributed by atoms with Gasteiger partial charge in [-0.1, -0.05) is 13.0 Å². The smallest absolute Gasteiger partial charge is 0.390 e. The number of rotatable bonds is 5. The Balaban J connectivity index is 1.71. The maximum Gasteiger partial charge on any atom is 0.433 e. The van der Waals surface area contributed by atoms with Crippen LogP contribution in [0.3, 0.4) is 0 Å². The van der Waals surface area contributed by atoms with Crippen LogP contribution in [-0.4, -0.2) is 34.2 Å². The van der Waals surface area contributed by atoms with Crippen LogP contribution in [0.25, 0.3) is 0 Å². The zero-order chi connectivity index (χ0) is 21.7. The number of piperidine rings is 1. The topological polar surface area (TPSA) is 90.4 Å². The van der Waals surface area contributed by atoms with Gasteiger partial charge in [-0.3, -0.25) is 4.98 Å². The van der Waals surface area contributed by atoms with Gasteiger partial charge in [0.25, 0.3) is 0 Å². The Morgan fingerprint density at radius 2 is 1.97 bits per heavy atom. The molecule has 0 saturated carbocycles. The molecular weight excluding hydrogens is 399 g/mol. The van der Waals surface area contributed by atoms with Crippen LogP contribution in [0.2, 0.25) is 0 Å². The molecule has 162 valence electrons. The van der Waals surface area contributed by atoms with Crippen molar-refractivity contribution in [2.45, 2.75) is 39.1 Å². The summed E-state index contributed by atoms with van der Waals surface area (Å²) in [6.45, 7) is 3.19. The predicted molar refractivity (Wildman–Crippen MR) is 106 cm³/mol. The number of aliphatic hydroxyl groups excluding tert-OH is 1. The lowest BCUT2D eigenvalue weighted by atomic mass is 9.99. The van der Waals surface area contributed by atoms with Crippen LogP contribution in [0, 0.1) is 5.92 Å².